The lowest BCUT2D eigenvalue weighted by atomic mass is 10.1. The average Bonchev–Trinajstić information content (AvgIpc) is 2.45. The summed E-state index contributed by atoms with van der Waals surface area (Å²) in [6.45, 7) is 0. The van der Waals surface area contributed by atoms with Gasteiger partial charge < -0.3 is 9.47 Å². The van der Waals surface area contributed by atoms with Gasteiger partial charge in [0.05, 0.1) is 14.2 Å². The summed E-state index contributed by atoms with van der Waals surface area (Å²) < 4.78 is 10.4. The molecule has 18 heavy (non-hydrogen) atoms. The van der Waals surface area contributed by atoms with E-state index in [1.54, 1.807) is 14.2 Å². The highest BCUT2D eigenvalue weighted by Crippen LogP contribution is 2.27. The van der Waals surface area contributed by atoms with Gasteiger partial charge in [-0.25, -0.2) is 0 Å². The number of hydrogen-bond donors (Lipinski definition) is 0. The molecule has 0 aromatic heterocycles. The molecule has 0 atom stereocenters. The zero-order valence-electron chi connectivity index (χ0n) is 10.4. The molecular formula is C16H14O2. The smallest absolute Gasteiger partial charge is 0.161 e. The zero-order valence-corrected chi connectivity index (χ0v) is 10.4. The van der Waals surface area contributed by atoms with Crippen LogP contribution in [0.1, 0.15) is 11.1 Å². The maximum atomic E-state index is 5.24. The van der Waals surface area contributed by atoms with E-state index in [4.69, 9.17) is 9.47 Å². The van der Waals surface area contributed by atoms with Gasteiger partial charge in [0, 0.05) is 11.1 Å². The van der Waals surface area contributed by atoms with Gasteiger partial charge in [0.25, 0.3) is 0 Å². The van der Waals surface area contributed by atoms with Gasteiger partial charge in [-0.3, -0.25) is 0 Å². The zero-order chi connectivity index (χ0) is 12.8. The molecule has 0 bridgehead atoms. The normalized spacial score (nSPS) is 9.22. The maximum absolute atomic E-state index is 5.24. The third-order valence-electron chi connectivity index (χ3n) is 2.51. The van der Waals surface area contributed by atoms with Crippen LogP contribution in [0.3, 0.4) is 0 Å². The third kappa shape index (κ3) is 2.83. The van der Waals surface area contributed by atoms with Crippen LogP contribution in [-0.4, -0.2) is 14.2 Å². The number of rotatable bonds is 2. The summed E-state index contributed by atoms with van der Waals surface area (Å²) in [7, 11) is 3.24. The Morgan fingerprint density at radius 2 is 1.39 bits per heavy atom. The average molecular weight is 238 g/mol. The Morgan fingerprint density at radius 1 is 0.722 bits per heavy atom. The van der Waals surface area contributed by atoms with Crippen molar-refractivity contribution in [2.75, 3.05) is 14.2 Å². The van der Waals surface area contributed by atoms with E-state index in [0.29, 0.717) is 11.5 Å². The standard InChI is InChI=1S/C16H14O2/c1-17-15-11-10-14(12-16(15)18-2)9-8-13-6-4-3-5-7-13/h3-7,10-12H,1-2H3. The van der Waals surface area contributed by atoms with Crippen LogP contribution in [0, 0.1) is 11.8 Å². The lowest BCUT2D eigenvalue weighted by Crippen LogP contribution is -1.90. The Kier molecular flexibility index (Phi) is 3.88. The largest absolute Gasteiger partial charge is 0.493 e. The number of benzene rings is 2. The van der Waals surface area contributed by atoms with Gasteiger partial charge >= 0.3 is 0 Å². The van der Waals surface area contributed by atoms with Crippen LogP contribution < -0.4 is 9.47 Å². The Labute approximate surface area is 107 Å². The quantitative estimate of drug-likeness (QED) is 0.748. The third-order valence-corrected chi connectivity index (χ3v) is 2.51. The molecule has 0 saturated heterocycles. The predicted octanol–water partition coefficient (Wildman–Crippen LogP) is 3.10. The predicted molar refractivity (Wildman–Crippen MR) is 72.0 cm³/mol. The highest BCUT2D eigenvalue weighted by Gasteiger charge is 2.02. The van der Waals surface area contributed by atoms with Crippen LogP contribution in [0.15, 0.2) is 48.5 Å². The van der Waals surface area contributed by atoms with Crippen molar-refractivity contribution < 1.29 is 9.47 Å². The van der Waals surface area contributed by atoms with Crippen LogP contribution in [0.25, 0.3) is 0 Å². The Hall–Kier alpha value is -2.40. The van der Waals surface area contributed by atoms with Crippen molar-refractivity contribution in [3.8, 4) is 23.3 Å². The molecule has 0 spiro atoms. The molecule has 0 aliphatic heterocycles. The summed E-state index contributed by atoms with van der Waals surface area (Å²) >= 11 is 0. The molecule has 90 valence electrons. The topological polar surface area (TPSA) is 18.5 Å². The van der Waals surface area contributed by atoms with E-state index in [0.717, 1.165) is 11.1 Å². The van der Waals surface area contributed by atoms with Crippen molar-refractivity contribution in [2.45, 2.75) is 0 Å². The highest BCUT2D eigenvalue weighted by molar-refractivity contribution is 5.50. The summed E-state index contributed by atoms with van der Waals surface area (Å²) in [4.78, 5) is 0. The number of ether oxygens (including phenoxy) is 2. The van der Waals surface area contributed by atoms with Crippen LogP contribution in [0.2, 0.25) is 0 Å². The highest BCUT2D eigenvalue weighted by atomic mass is 16.5. The van der Waals surface area contributed by atoms with Gasteiger partial charge in [0.1, 0.15) is 0 Å². The summed E-state index contributed by atoms with van der Waals surface area (Å²) in [5.41, 5.74) is 1.89. The van der Waals surface area contributed by atoms with Crippen molar-refractivity contribution in [3.63, 3.8) is 0 Å². The lowest BCUT2D eigenvalue weighted by molar-refractivity contribution is 0.355. The fraction of sp³-hybridized carbons (Fsp3) is 0.125. The van der Waals surface area contributed by atoms with Gasteiger partial charge in [0.15, 0.2) is 11.5 Å². The molecule has 2 nitrogen and oxygen atoms in total. The second-order valence-corrected chi connectivity index (χ2v) is 3.69. The maximum Gasteiger partial charge on any atom is 0.161 e. The van der Waals surface area contributed by atoms with Gasteiger partial charge in [-0.1, -0.05) is 30.0 Å². The van der Waals surface area contributed by atoms with E-state index in [1.165, 1.54) is 0 Å². The fourth-order valence-electron chi connectivity index (χ4n) is 1.58. The van der Waals surface area contributed by atoms with Crippen LogP contribution in [0.5, 0.6) is 11.5 Å². The van der Waals surface area contributed by atoms with Gasteiger partial charge in [-0.05, 0) is 30.3 Å². The van der Waals surface area contributed by atoms with E-state index in [2.05, 4.69) is 11.8 Å². The molecule has 2 rings (SSSR count). The summed E-state index contributed by atoms with van der Waals surface area (Å²) in [6.07, 6.45) is 0. The van der Waals surface area contributed by atoms with E-state index < -0.39 is 0 Å². The summed E-state index contributed by atoms with van der Waals surface area (Å²) in [6, 6.07) is 15.5. The SMILES string of the molecule is COc1ccc(C#Cc2ccccc2)cc1OC. The Balaban J connectivity index is 2.28. The van der Waals surface area contributed by atoms with Crippen molar-refractivity contribution in [1.29, 1.82) is 0 Å². The second-order valence-electron chi connectivity index (χ2n) is 3.69. The van der Waals surface area contributed by atoms with Crippen LogP contribution >= 0.6 is 0 Å². The van der Waals surface area contributed by atoms with Crippen molar-refractivity contribution in [2.24, 2.45) is 0 Å². The Bertz CT molecular complexity index is 577. The minimum absolute atomic E-state index is 0.692. The first-order valence-corrected chi connectivity index (χ1v) is 5.62. The second kappa shape index (κ2) is 5.79. The van der Waals surface area contributed by atoms with Gasteiger partial charge in [-0.15, -0.1) is 0 Å². The van der Waals surface area contributed by atoms with Crippen LogP contribution in [-0.2, 0) is 0 Å². The molecule has 0 amide bonds. The number of hydrogen-bond acceptors (Lipinski definition) is 2. The first-order chi connectivity index (χ1) is 8.83. The first-order valence-electron chi connectivity index (χ1n) is 5.62. The van der Waals surface area contributed by atoms with E-state index in [9.17, 15) is 0 Å². The van der Waals surface area contributed by atoms with Gasteiger partial charge in [0.2, 0.25) is 0 Å². The first kappa shape index (κ1) is 12.1. The fourth-order valence-corrected chi connectivity index (χ4v) is 1.58. The molecule has 0 N–H and O–H groups in total. The van der Waals surface area contributed by atoms with E-state index in [1.807, 2.05) is 48.5 Å². The summed E-state index contributed by atoms with van der Waals surface area (Å²) in [5, 5.41) is 0. The van der Waals surface area contributed by atoms with Crippen LogP contribution in [0.4, 0.5) is 0 Å². The minimum Gasteiger partial charge on any atom is -0.493 e. The van der Waals surface area contributed by atoms with Crippen molar-refractivity contribution in [3.05, 3.63) is 59.7 Å². The van der Waals surface area contributed by atoms with Crippen molar-refractivity contribution in [1.82, 2.24) is 0 Å². The molecule has 0 radical (unpaired) electrons. The molecule has 2 heteroatoms. The molecule has 0 aliphatic rings. The molecule has 2 aromatic rings. The van der Waals surface area contributed by atoms with Gasteiger partial charge in [-0.2, -0.15) is 0 Å². The molecule has 0 aliphatic carbocycles. The lowest BCUT2D eigenvalue weighted by Gasteiger charge is -2.06. The molecule has 2 aromatic carbocycles. The molecule has 0 saturated carbocycles. The monoisotopic (exact) mass is 238 g/mol. The Morgan fingerprint density at radius 3 is 2.06 bits per heavy atom. The number of methoxy groups -OCH3 is 2. The van der Waals surface area contributed by atoms with Crippen molar-refractivity contribution >= 4 is 0 Å². The molecule has 0 fully saturated rings. The minimum atomic E-state index is 0.692. The van der Waals surface area contributed by atoms with E-state index >= 15 is 0 Å². The molecule has 0 unspecified atom stereocenters. The molecule has 0 heterocycles. The molecular weight excluding hydrogens is 224 g/mol. The summed E-state index contributed by atoms with van der Waals surface area (Å²) in [5.74, 6) is 7.61. The van der Waals surface area contributed by atoms with E-state index in [-0.39, 0.29) is 0 Å².